The van der Waals surface area contributed by atoms with Crippen LogP contribution < -0.4 is 0 Å². The van der Waals surface area contributed by atoms with E-state index >= 15 is 0 Å². The zero-order valence-corrected chi connectivity index (χ0v) is 20.5. The average Bonchev–Trinajstić information content (AvgIpc) is 3.06. The van der Waals surface area contributed by atoms with E-state index in [4.69, 9.17) is 0 Å². The molecule has 4 aliphatic rings. The smallest absolute Gasteiger partial charge is 0.0578 e. The molecule has 0 saturated heterocycles. The summed E-state index contributed by atoms with van der Waals surface area (Å²) in [7, 11) is 0. The van der Waals surface area contributed by atoms with Crippen LogP contribution in [0.15, 0.2) is 34.9 Å². The molecule has 0 aliphatic heterocycles. The molecule has 30 heavy (non-hydrogen) atoms. The Kier molecular flexibility index (Phi) is 6.17. The summed E-state index contributed by atoms with van der Waals surface area (Å²) in [6.07, 6.45) is 18.5. The van der Waals surface area contributed by atoms with Gasteiger partial charge in [-0.3, -0.25) is 0 Å². The highest BCUT2D eigenvalue weighted by Gasteiger charge is 2.54. The Morgan fingerprint density at radius 2 is 1.83 bits per heavy atom. The van der Waals surface area contributed by atoms with Gasteiger partial charge in [-0.1, -0.05) is 78.2 Å². The Morgan fingerprint density at radius 3 is 2.53 bits per heavy atom. The predicted octanol–water partition coefficient (Wildman–Crippen LogP) is 7.87. The highest BCUT2D eigenvalue weighted by molar-refractivity contribution is 5.53. The normalized spacial score (nSPS) is 40.0. The fourth-order valence-corrected chi connectivity index (χ4v) is 8.01. The third-order valence-corrected chi connectivity index (χ3v) is 10.2. The molecule has 4 aliphatic carbocycles. The van der Waals surface area contributed by atoms with Gasteiger partial charge in [-0.2, -0.15) is 0 Å². The van der Waals surface area contributed by atoms with Crippen molar-refractivity contribution in [3.63, 3.8) is 0 Å². The summed E-state index contributed by atoms with van der Waals surface area (Å²) >= 11 is 0. The highest BCUT2D eigenvalue weighted by atomic mass is 16.3. The summed E-state index contributed by atoms with van der Waals surface area (Å²) in [4.78, 5) is 0. The zero-order valence-electron chi connectivity index (χ0n) is 20.5. The van der Waals surface area contributed by atoms with Gasteiger partial charge < -0.3 is 5.11 Å². The second kappa shape index (κ2) is 8.27. The fraction of sp³-hybridized carbons (Fsp3) is 0.793. The Hall–Kier alpha value is -0.820. The Labute approximate surface area is 186 Å². The molecule has 0 unspecified atom stereocenters. The lowest BCUT2D eigenvalue weighted by Gasteiger charge is -2.50. The van der Waals surface area contributed by atoms with Crippen molar-refractivity contribution in [2.75, 3.05) is 0 Å². The number of aliphatic hydroxyl groups excluding tert-OH is 1. The van der Waals surface area contributed by atoms with Crippen LogP contribution in [0, 0.1) is 40.4 Å². The molecule has 2 fully saturated rings. The van der Waals surface area contributed by atoms with Crippen molar-refractivity contribution in [2.24, 2.45) is 40.4 Å². The van der Waals surface area contributed by atoms with Gasteiger partial charge in [-0.05, 0) is 91.1 Å². The van der Waals surface area contributed by atoms with E-state index in [1.807, 2.05) is 0 Å². The second-order valence-corrected chi connectivity index (χ2v) is 12.1. The minimum atomic E-state index is -0.136. The minimum Gasteiger partial charge on any atom is -0.393 e. The van der Waals surface area contributed by atoms with Gasteiger partial charge in [0.1, 0.15) is 0 Å². The maximum absolute atomic E-state index is 10.2. The van der Waals surface area contributed by atoms with E-state index in [0.29, 0.717) is 5.41 Å². The van der Waals surface area contributed by atoms with Gasteiger partial charge in [-0.25, -0.2) is 0 Å². The van der Waals surface area contributed by atoms with Crippen LogP contribution in [-0.4, -0.2) is 11.2 Å². The molecule has 1 heteroatoms. The Balaban J connectivity index is 1.54. The Bertz CT molecular complexity index is 739. The molecule has 0 aromatic heterocycles. The number of aliphatic hydroxyl groups is 1. The van der Waals surface area contributed by atoms with Crippen LogP contribution in [0.5, 0.6) is 0 Å². The third kappa shape index (κ3) is 3.58. The molecule has 2 saturated carbocycles. The molecular weight excluding hydrogens is 364 g/mol. The molecule has 4 rings (SSSR count). The van der Waals surface area contributed by atoms with E-state index in [1.54, 1.807) is 11.1 Å². The van der Waals surface area contributed by atoms with Gasteiger partial charge >= 0.3 is 0 Å². The van der Waals surface area contributed by atoms with Crippen molar-refractivity contribution in [3.8, 4) is 0 Å². The number of rotatable bonds is 6. The van der Waals surface area contributed by atoms with E-state index in [-0.39, 0.29) is 11.5 Å². The number of hydrogen-bond donors (Lipinski definition) is 1. The van der Waals surface area contributed by atoms with E-state index < -0.39 is 0 Å². The van der Waals surface area contributed by atoms with Gasteiger partial charge in [-0.15, -0.1) is 0 Å². The van der Waals surface area contributed by atoms with Gasteiger partial charge in [0, 0.05) is 5.41 Å². The lowest BCUT2D eigenvalue weighted by Crippen LogP contribution is -2.41. The summed E-state index contributed by atoms with van der Waals surface area (Å²) in [5.41, 5.74) is 5.38. The lowest BCUT2D eigenvalue weighted by molar-refractivity contribution is 0.105. The summed E-state index contributed by atoms with van der Waals surface area (Å²) in [6.45, 7) is 14.8. The summed E-state index contributed by atoms with van der Waals surface area (Å²) in [5.74, 6) is 4.13. The van der Waals surface area contributed by atoms with Crippen molar-refractivity contribution in [1.82, 2.24) is 0 Å². The minimum absolute atomic E-state index is 0.136. The summed E-state index contributed by atoms with van der Waals surface area (Å²) in [6, 6.07) is 0. The van der Waals surface area contributed by atoms with Crippen molar-refractivity contribution in [1.29, 1.82) is 0 Å². The van der Waals surface area contributed by atoms with Crippen LogP contribution in [-0.2, 0) is 0 Å². The first kappa shape index (κ1) is 22.4. The number of allylic oxidation sites excluding steroid dienone is 5. The first-order valence-corrected chi connectivity index (χ1v) is 13.0. The number of hydrogen-bond acceptors (Lipinski definition) is 1. The zero-order chi connectivity index (χ0) is 21.7. The second-order valence-electron chi connectivity index (χ2n) is 12.1. The molecule has 0 aromatic rings. The first-order chi connectivity index (χ1) is 14.2. The van der Waals surface area contributed by atoms with E-state index in [2.05, 4.69) is 59.8 Å². The molecule has 0 amide bonds. The largest absolute Gasteiger partial charge is 0.393 e. The van der Waals surface area contributed by atoms with E-state index in [0.717, 1.165) is 48.9 Å². The van der Waals surface area contributed by atoms with Crippen LogP contribution in [0.2, 0.25) is 0 Å². The molecule has 0 bridgehead atoms. The van der Waals surface area contributed by atoms with Crippen molar-refractivity contribution >= 4 is 0 Å². The maximum atomic E-state index is 10.2. The SMILES string of the molecule is CC[C@H](CC[C@@H](C)[C@H]1CC[C@H]2C3=CC=C4C[C@@H](O)CC[C@]4(C)C3=CC[C@]12C)C(C)C. The standard InChI is InChI=1S/C29H46O/c1-7-21(19(2)3)9-8-20(4)25-12-13-26-24-11-10-22-18-23(30)14-16-28(22,5)27(24)15-17-29(25,26)6/h10-11,15,19-21,23,25-26,30H,7-9,12-14,16-18H2,1-6H3/t20-,21-,23+,25-,26+,28+,29-/m1/s1. The van der Waals surface area contributed by atoms with E-state index in [9.17, 15) is 5.11 Å². The molecule has 168 valence electrons. The number of fused-ring (bicyclic) bond motifs is 5. The molecule has 0 radical (unpaired) electrons. The van der Waals surface area contributed by atoms with Gasteiger partial charge in [0.2, 0.25) is 0 Å². The first-order valence-electron chi connectivity index (χ1n) is 13.0. The molecule has 0 spiro atoms. The molecule has 0 heterocycles. The maximum Gasteiger partial charge on any atom is 0.0578 e. The van der Waals surface area contributed by atoms with E-state index in [1.165, 1.54) is 44.1 Å². The fourth-order valence-electron chi connectivity index (χ4n) is 8.01. The molecular formula is C29H46O. The molecule has 1 nitrogen and oxygen atoms in total. The van der Waals surface area contributed by atoms with Crippen molar-refractivity contribution in [3.05, 3.63) is 34.9 Å². The summed E-state index contributed by atoms with van der Waals surface area (Å²) < 4.78 is 0. The molecule has 7 atom stereocenters. The van der Waals surface area contributed by atoms with Crippen LogP contribution in [0.25, 0.3) is 0 Å². The van der Waals surface area contributed by atoms with Gasteiger partial charge in [0.25, 0.3) is 0 Å². The topological polar surface area (TPSA) is 20.2 Å². The monoisotopic (exact) mass is 410 g/mol. The third-order valence-electron chi connectivity index (χ3n) is 10.2. The van der Waals surface area contributed by atoms with Crippen molar-refractivity contribution < 1.29 is 5.11 Å². The van der Waals surface area contributed by atoms with Crippen LogP contribution in [0.1, 0.15) is 99.3 Å². The van der Waals surface area contributed by atoms with Crippen molar-refractivity contribution in [2.45, 2.75) is 105 Å². The summed E-state index contributed by atoms with van der Waals surface area (Å²) in [5, 5.41) is 10.2. The molecule has 0 aromatic carbocycles. The predicted molar refractivity (Wildman–Crippen MR) is 128 cm³/mol. The average molecular weight is 411 g/mol. The van der Waals surface area contributed by atoms with Gasteiger partial charge in [0.15, 0.2) is 0 Å². The van der Waals surface area contributed by atoms with Gasteiger partial charge in [0.05, 0.1) is 6.10 Å². The van der Waals surface area contributed by atoms with Crippen LogP contribution in [0.3, 0.4) is 0 Å². The quantitative estimate of drug-likeness (QED) is 0.472. The van der Waals surface area contributed by atoms with Crippen LogP contribution >= 0.6 is 0 Å². The van der Waals surface area contributed by atoms with Crippen LogP contribution in [0.4, 0.5) is 0 Å². The molecule has 1 N–H and O–H groups in total. The Morgan fingerprint density at radius 1 is 1.07 bits per heavy atom. The highest BCUT2D eigenvalue weighted by Crippen LogP contribution is 2.64. The lowest BCUT2D eigenvalue weighted by atomic mass is 9.54.